The number of carbonyl (C=O) groups excluding carboxylic acids is 1. The summed E-state index contributed by atoms with van der Waals surface area (Å²) in [5, 5.41) is 4.52. The molecule has 2 aliphatic rings. The SMILES string of the molecule is CCn1nc(C(C)C)cc1C(=O)N1CCN(S(=O)(=O)c2ccc3c(c2)OCCCO3)CC1. The van der Waals surface area contributed by atoms with Crippen molar-refractivity contribution in [2.75, 3.05) is 39.4 Å². The number of amides is 1. The molecule has 0 saturated carbocycles. The topological polar surface area (TPSA) is 94.0 Å². The van der Waals surface area contributed by atoms with Gasteiger partial charge in [-0.15, -0.1) is 0 Å². The van der Waals surface area contributed by atoms with Crippen LogP contribution in [0, 0.1) is 0 Å². The highest BCUT2D eigenvalue weighted by Crippen LogP contribution is 2.33. The Hall–Kier alpha value is -2.59. The molecule has 4 rings (SSSR count). The van der Waals surface area contributed by atoms with Crippen LogP contribution in [0.3, 0.4) is 0 Å². The van der Waals surface area contributed by atoms with E-state index >= 15 is 0 Å². The first-order valence-electron chi connectivity index (χ1n) is 11.1. The summed E-state index contributed by atoms with van der Waals surface area (Å²) in [5.74, 6) is 1.13. The highest BCUT2D eigenvalue weighted by Gasteiger charge is 2.32. The van der Waals surface area contributed by atoms with Crippen molar-refractivity contribution in [1.29, 1.82) is 0 Å². The molecule has 0 aliphatic carbocycles. The van der Waals surface area contributed by atoms with E-state index in [1.807, 2.05) is 26.8 Å². The Morgan fingerprint density at radius 2 is 1.75 bits per heavy atom. The Balaban J connectivity index is 1.46. The first-order valence-corrected chi connectivity index (χ1v) is 12.5. The van der Waals surface area contributed by atoms with Gasteiger partial charge in [0.2, 0.25) is 10.0 Å². The number of hydrogen-bond donors (Lipinski definition) is 0. The minimum absolute atomic E-state index is 0.112. The number of rotatable bonds is 5. The molecule has 174 valence electrons. The van der Waals surface area contributed by atoms with Crippen molar-refractivity contribution in [2.45, 2.75) is 44.6 Å². The average Bonchev–Trinajstić information content (AvgIpc) is 3.10. The number of nitrogens with zero attached hydrogens (tertiary/aromatic N) is 4. The standard InChI is InChI=1S/C22H30N4O5S/c1-4-26-19(15-18(23-26)16(2)3)22(27)24-8-10-25(11-9-24)32(28,29)17-6-7-20-21(14-17)31-13-5-12-30-20/h6-7,14-16H,4-5,8-13H2,1-3H3. The number of piperazine rings is 1. The number of hydrogen-bond acceptors (Lipinski definition) is 6. The molecular formula is C22H30N4O5S. The van der Waals surface area contributed by atoms with Crippen LogP contribution < -0.4 is 9.47 Å². The largest absolute Gasteiger partial charge is 0.490 e. The zero-order valence-corrected chi connectivity index (χ0v) is 19.6. The first kappa shape index (κ1) is 22.6. The van der Waals surface area contributed by atoms with E-state index in [4.69, 9.17) is 9.47 Å². The minimum Gasteiger partial charge on any atom is -0.490 e. The first-order chi connectivity index (χ1) is 15.3. The molecule has 0 radical (unpaired) electrons. The Labute approximate surface area is 188 Å². The fourth-order valence-corrected chi connectivity index (χ4v) is 5.32. The maximum atomic E-state index is 13.2. The molecule has 9 nitrogen and oxygen atoms in total. The van der Waals surface area contributed by atoms with Gasteiger partial charge in [0.1, 0.15) is 5.69 Å². The Morgan fingerprint density at radius 1 is 1.06 bits per heavy atom. The highest BCUT2D eigenvalue weighted by atomic mass is 32.2. The van der Waals surface area contributed by atoms with Crippen LogP contribution in [0.1, 0.15) is 49.3 Å². The number of ether oxygens (including phenoxy) is 2. The van der Waals surface area contributed by atoms with Crippen LogP contribution in [-0.4, -0.2) is 72.7 Å². The van der Waals surface area contributed by atoms with Gasteiger partial charge in [0.05, 0.1) is 23.8 Å². The summed E-state index contributed by atoms with van der Waals surface area (Å²) in [7, 11) is -3.70. The Bertz CT molecular complexity index is 1090. The summed E-state index contributed by atoms with van der Waals surface area (Å²) >= 11 is 0. The molecule has 2 aliphatic heterocycles. The van der Waals surface area contributed by atoms with Gasteiger partial charge in [-0.1, -0.05) is 13.8 Å². The zero-order valence-electron chi connectivity index (χ0n) is 18.8. The smallest absolute Gasteiger partial charge is 0.272 e. The van der Waals surface area contributed by atoms with Crippen molar-refractivity contribution in [3.63, 3.8) is 0 Å². The van der Waals surface area contributed by atoms with E-state index in [1.165, 1.54) is 10.4 Å². The third-order valence-electron chi connectivity index (χ3n) is 5.79. The highest BCUT2D eigenvalue weighted by molar-refractivity contribution is 7.89. The van der Waals surface area contributed by atoms with Crippen molar-refractivity contribution in [2.24, 2.45) is 0 Å². The summed E-state index contributed by atoms with van der Waals surface area (Å²) in [6.07, 6.45) is 0.752. The van der Waals surface area contributed by atoms with Crippen molar-refractivity contribution < 1.29 is 22.7 Å². The van der Waals surface area contributed by atoms with Gasteiger partial charge in [-0.25, -0.2) is 8.42 Å². The molecular weight excluding hydrogens is 432 g/mol. The Morgan fingerprint density at radius 3 is 2.41 bits per heavy atom. The van der Waals surface area contributed by atoms with Crippen LogP contribution in [0.15, 0.2) is 29.2 Å². The van der Waals surface area contributed by atoms with Crippen molar-refractivity contribution in [3.8, 4) is 11.5 Å². The molecule has 0 bridgehead atoms. The van der Waals surface area contributed by atoms with Crippen LogP contribution in [0.2, 0.25) is 0 Å². The van der Waals surface area contributed by atoms with Gasteiger partial charge in [-0.2, -0.15) is 9.40 Å². The molecule has 0 atom stereocenters. The molecule has 0 N–H and O–H groups in total. The summed E-state index contributed by atoms with van der Waals surface area (Å²) in [6.45, 7) is 8.80. The molecule has 0 unspecified atom stereocenters. The maximum Gasteiger partial charge on any atom is 0.272 e. The van der Waals surface area contributed by atoms with Crippen molar-refractivity contribution in [1.82, 2.24) is 19.0 Å². The van der Waals surface area contributed by atoms with E-state index in [1.54, 1.807) is 21.7 Å². The van der Waals surface area contributed by atoms with Gasteiger partial charge in [0, 0.05) is 45.2 Å². The van der Waals surface area contributed by atoms with Gasteiger partial charge < -0.3 is 14.4 Å². The molecule has 1 aromatic carbocycles. The normalized spacial score (nSPS) is 17.4. The fourth-order valence-electron chi connectivity index (χ4n) is 3.88. The van der Waals surface area contributed by atoms with Crippen LogP contribution in [0.5, 0.6) is 11.5 Å². The predicted octanol–water partition coefficient (Wildman–Crippen LogP) is 2.33. The fraction of sp³-hybridized carbons (Fsp3) is 0.545. The van der Waals surface area contributed by atoms with Gasteiger partial charge in [0.15, 0.2) is 11.5 Å². The lowest BCUT2D eigenvalue weighted by atomic mass is 10.1. The summed E-state index contributed by atoms with van der Waals surface area (Å²) in [5.41, 5.74) is 1.43. The van der Waals surface area contributed by atoms with E-state index in [9.17, 15) is 13.2 Å². The van der Waals surface area contributed by atoms with E-state index < -0.39 is 10.0 Å². The number of sulfonamides is 1. The number of benzene rings is 1. The van der Waals surface area contributed by atoms with E-state index in [-0.39, 0.29) is 29.8 Å². The second-order valence-electron chi connectivity index (χ2n) is 8.28. The second kappa shape index (κ2) is 9.11. The molecule has 1 saturated heterocycles. The molecule has 10 heteroatoms. The van der Waals surface area contributed by atoms with Gasteiger partial charge in [-0.05, 0) is 31.0 Å². The number of aryl methyl sites for hydroxylation is 1. The third-order valence-corrected chi connectivity index (χ3v) is 7.69. The molecule has 1 fully saturated rings. The monoisotopic (exact) mass is 462 g/mol. The maximum absolute atomic E-state index is 13.2. The van der Waals surface area contributed by atoms with Crippen LogP contribution in [-0.2, 0) is 16.6 Å². The molecule has 0 spiro atoms. The van der Waals surface area contributed by atoms with Gasteiger partial charge >= 0.3 is 0 Å². The molecule has 32 heavy (non-hydrogen) atoms. The number of aromatic nitrogens is 2. The van der Waals surface area contributed by atoms with Gasteiger partial charge in [-0.3, -0.25) is 9.48 Å². The van der Waals surface area contributed by atoms with Crippen molar-refractivity contribution >= 4 is 15.9 Å². The lowest BCUT2D eigenvalue weighted by Gasteiger charge is -2.34. The van der Waals surface area contributed by atoms with E-state index in [0.29, 0.717) is 50.0 Å². The molecule has 1 amide bonds. The predicted molar refractivity (Wildman–Crippen MR) is 119 cm³/mol. The molecule has 3 heterocycles. The number of carbonyl (C=O) groups is 1. The molecule has 2 aromatic rings. The van der Waals surface area contributed by atoms with Crippen molar-refractivity contribution in [3.05, 3.63) is 35.7 Å². The summed E-state index contributed by atoms with van der Waals surface area (Å²) in [6, 6.07) is 6.57. The Kier molecular flexibility index (Phi) is 6.43. The zero-order chi connectivity index (χ0) is 22.9. The molecule has 1 aromatic heterocycles. The van der Waals surface area contributed by atoms with E-state index in [2.05, 4.69) is 5.10 Å². The quantitative estimate of drug-likeness (QED) is 0.677. The summed E-state index contributed by atoms with van der Waals surface area (Å²) in [4.78, 5) is 15.0. The van der Waals surface area contributed by atoms with E-state index in [0.717, 1.165) is 12.1 Å². The lowest BCUT2D eigenvalue weighted by molar-refractivity contribution is 0.0685. The van der Waals surface area contributed by atoms with Crippen LogP contribution >= 0.6 is 0 Å². The summed E-state index contributed by atoms with van der Waals surface area (Å²) < 4.78 is 40.8. The third kappa shape index (κ3) is 4.33. The lowest BCUT2D eigenvalue weighted by Crippen LogP contribution is -2.50. The second-order valence-corrected chi connectivity index (χ2v) is 10.2. The number of fused-ring (bicyclic) bond motifs is 1. The van der Waals surface area contributed by atoms with Crippen LogP contribution in [0.25, 0.3) is 0 Å². The minimum atomic E-state index is -3.70. The average molecular weight is 463 g/mol. The van der Waals surface area contributed by atoms with Crippen LogP contribution in [0.4, 0.5) is 0 Å². The van der Waals surface area contributed by atoms with Gasteiger partial charge in [0.25, 0.3) is 5.91 Å².